The normalized spacial score (nSPS) is 21.2. The summed E-state index contributed by atoms with van der Waals surface area (Å²) < 4.78 is 33.4. The number of pyridine rings is 1. The van der Waals surface area contributed by atoms with Crippen LogP contribution in [0.4, 0.5) is 0 Å². The van der Waals surface area contributed by atoms with Crippen LogP contribution in [0.25, 0.3) is 10.8 Å². The summed E-state index contributed by atoms with van der Waals surface area (Å²) in [5.74, 6) is -0.599. The second-order valence-corrected chi connectivity index (χ2v) is 7.80. The molecule has 134 valence electrons. The van der Waals surface area contributed by atoms with Crippen LogP contribution in [0, 0.1) is 0 Å². The Morgan fingerprint density at radius 3 is 2.84 bits per heavy atom. The van der Waals surface area contributed by atoms with Gasteiger partial charge in [-0.3, -0.25) is 0 Å². The van der Waals surface area contributed by atoms with Crippen molar-refractivity contribution in [2.75, 3.05) is 13.7 Å². The molecule has 2 unspecified atom stereocenters. The third kappa shape index (κ3) is 3.51. The number of nitrogens with one attached hydrogen (secondary N) is 2. The first-order chi connectivity index (χ1) is 11.9. The average Bonchev–Trinajstić information content (AvgIpc) is 2.61. The molecule has 2 aromatic rings. The SMILES string of the molecule is COC(=O)c1nccc2c(S(=O)(=O)NC3CCCNC3C)cccc12. The fraction of sp³-hybridized carbons (Fsp3) is 0.412. The molecule has 0 spiro atoms. The Morgan fingerprint density at radius 2 is 2.12 bits per heavy atom. The molecular weight excluding hydrogens is 342 g/mol. The molecule has 8 heteroatoms. The van der Waals surface area contributed by atoms with Crippen LogP contribution in [0.3, 0.4) is 0 Å². The highest BCUT2D eigenvalue weighted by Gasteiger charge is 2.28. The van der Waals surface area contributed by atoms with Crippen LogP contribution < -0.4 is 10.0 Å². The standard InChI is InChI=1S/C17H21N3O4S/c1-11-14(6-4-9-18-11)20-25(22,23)15-7-3-5-13-12(15)8-10-19-16(13)17(21)24-2/h3,5,7-8,10-11,14,18,20H,4,6,9H2,1-2H3. The minimum atomic E-state index is -3.74. The average molecular weight is 363 g/mol. The zero-order valence-corrected chi connectivity index (χ0v) is 15.0. The number of hydrogen-bond acceptors (Lipinski definition) is 6. The van der Waals surface area contributed by atoms with Crippen LogP contribution in [0.5, 0.6) is 0 Å². The van der Waals surface area contributed by atoms with Crippen LogP contribution in [0.1, 0.15) is 30.3 Å². The summed E-state index contributed by atoms with van der Waals surface area (Å²) in [6.07, 6.45) is 3.12. The summed E-state index contributed by atoms with van der Waals surface area (Å²) in [5, 5.41) is 4.17. The van der Waals surface area contributed by atoms with Crippen LogP contribution in [0.15, 0.2) is 35.4 Å². The highest BCUT2D eigenvalue weighted by Crippen LogP contribution is 2.26. The van der Waals surface area contributed by atoms with Crippen molar-refractivity contribution in [3.05, 3.63) is 36.2 Å². The second kappa shape index (κ2) is 7.07. The number of piperidine rings is 1. The molecule has 0 saturated carbocycles. The Hall–Kier alpha value is -2.03. The van der Waals surface area contributed by atoms with Gasteiger partial charge in [0.25, 0.3) is 0 Å². The number of aromatic nitrogens is 1. The predicted molar refractivity (Wildman–Crippen MR) is 93.9 cm³/mol. The van der Waals surface area contributed by atoms with Crippen molar-refractivity contribution in [3.63, 3.8) is 0 Å². The lowest BCUT2D eigenvalue weighted by Crippen LogP contribution is -2.51. The molecule has 0 amide bonds. The quantitative estimate of drug-likeness (QED) is 0.798. The smallest absolute Gasteiger partial charge is 0.357 e. The van der Waals surface area contributed by atoms with Gasteiger partial charge in [-0.05, 0) is 38.4 Å². The van der Waals surface area contributed by atoms with Gasteiger partial charge in [0.05, 0.1) is 12.0 Å². The Kier molecular flexibility index (Phi) is 5.03. The Bertz CT molecular complexity index is 898. The first-order valence-corrected chi connectivity index (χ1v) is 9.64. The molecule has 1 aliphatic heterocycles. The van der Waals surface area contributed by atoms with Crippen LogP contribution >= 0.6 is 0 Å². The molecule has 1 fully saturated rings. The lowest BCUT2D eigenvalue weighted by atomic mass is 10.0. The molecule has 0 aliphatic carbocycles. The van der Waals surface area contributed by atoms with Crippen molar-refractivity contribution in [2.24, 2.45) is 0 Å². The van der Waals surface area contributed by atoms with E-state index >= 15 is 0 Å². The molecule has 1 aliphatic rings. The maximum absolute atomic E-state index is 12.9. The summed E-state index contributed by atoms with van der Waals surface area (Å²) >= 11 is 0. The fourth-order valence-electron chi connectivity index (χ4n) is 3.14. The Labute approximate surface area is 146 Å². The zero-order valence-electron chi connectivity index (χ0n) is 14.2. The first kappa shape index (κ1) is 17.8. The van der Waals surface area contributed by atoms with E-state index in [1.165, 1.54) is 19.4 Å². The largest absolute Gasteiger partial charge is 0.464 e. The van der Waals surface area contributed by atoms with Crippen molar-refractivity contribution in [1.29, 1.82) is 0 Å². The van der Waals surface area contributed by atoms with E-state index in [9.17, 15) is 13.2 Å². The minimum Gasteiger partial charge on any atom is -0.464 e. The van der Waals surface area contributed by atoms with Crippen molar-refractivity contribution >= 4 is 26.8 Å². The molecule has 2 atom stereocenters. The molecule has 3 rings (SSSR count). The van der Waals surface area contributed by atoms with Crippen LogP contribution in [0.2, 0.25) is 0 Å². The maximum Gasteiger partial charge on any atom is 0.357 e. The number of sulfonamides is 1. The van der Waals surface area contributed by atoms with E-state index < -0.39 is 16.0 Å². The van der Waals surface area contributed by atoms with E-state index in [1.807, 2.05) is 6.92 Å². The molecule has 0 radical (unpaired) electrons. The van der Waals surface area contributed by atoms with Gasteiger partial charge in [-0.15, -0.1) is 0 Å². The first-order valence-electron chi connectivity index (χ1n) is 8.16. The molecule has 0 bridgehead atoms. The summed E-state index contributed by atoms with van der Waals surface area (Å²) in [7, 11) is -2.47. The van der Waals surface area contributed by atoms with Gasteiger partial charge in [0.15, 0.2) is 5.69 Å². The lowest BCUT2D eigenvalue weighted by molar-refractivity contribution is 0.0596. The molecule has 1 aromatic heterocycles. The van der Waals surface area contributed by atoms with Crippen LogP contribution in [-0.2, 0) is 14.8 Å². The van der Waals surface area contributed by atoms with Crippen molar-refractivity contribution in [1.82, 2.24) is 15.0 Å². The predicted octanol–water partition coefficient (Wildman–Crippen LogP) is 1.44. The lowest BCUT2D eigenvalue weighted by Gasteiger charge is -2.30. The highest BCUT2D eigenvalue weighted by atomic mass is 32.2. The zero-order chi connectivity index (χ0) is 18.0. The van der Waals surface area contributed by atoms with E-state index in [4.69, 9.17) is 4.74 Å². The van der Waals surface area contributed by atoms with Crippen molar-refractivity contribution in [3.8, 4) is 0 Å². The van der Waals surface area contributed by atoms with Crippen molar-refractivity contribution in [2.45, 2.75) is 36.7 Å². The molecule has 7 nitrogen and oxygen atoms in total. The van der Waals surface area contributed by atoms with Gasteiger partial charge in [-0.2, -0.15) is 0 Å². The maximum atomic E-state index is 12.9. The topological polar surface area (TPSA) is 97.4 Å². The van der Waals surface area contributed by atoms with Gasteiger partial charge in [0.2, 0.25) is 10.0 Å². The summed E-state index contributed by atoms with van der Waals surface area (Å²) in [4.78, 5) is 16.1. The molecule has 2 heterocycles. The number of benzene rings is 1. The van der Waals surface area contributed by atoms with E-state index in [0.717, 1.165) is 19.4 Å². The number of hydrogen-bond donors (Lipinski definition) is 2. The fourth-order valence-corrected chi connectivity index (χ4v) is 4.71. The number of carbonyl (C=O) groups excluding carboxylic acids is 1. The summed E-state index contributed by atoms with van der Waals surface area (Å²) in [6.45, 7) is 2.86. The van der Waals surface area contributed by atoms with Crippen LogP contribution in [-0.4, -0.2) is 45.1 Å². The van der Waals surface area contributed by atoms with E-state index in [2.05, 4.69) is 15.0 Å². The molecule has 25 heavy (non-hydrogen) atoms. The number of ether oxygens (including phenoxy) is 1. The molecule has 1 saturated heterocycles. The summed E-state index contributed by atoms with van der Waals surface area (Å²) in [6, 6.07) is 6.29. The second-order valence-electron chi connectivity index (χ2n) is 6.12. The number of fused-ring (bicyclic) bond motifs is 1. The van der Waals surface area contributed by atoms with Gasteiger partial charge in [-0.25, -0.2) is 22.9 Å². The van der Waals surface area contributed by atoms with Gasteiger partial charge in [0.1, 0.15) is 0 Å². The third-order valence-electron chi connectivity index (χ3n) is 4.50. The van der Waals surface area contributed by atoms with E-state index in [-0.39, 0.29) is 22.7 Å². The van der Waals surface area contributed by atoms with E-state index in [1.54, 1.807) is 18.2 Å². The van der Waals surface area contributed by atoms with Gasteiger partial charge in [-0.1, -0.05) is 12.1 Å². The minimum absolute atomic E-state index is 0.0609. The Balaban J connectivity index is 2.04. The number of esters is 1. The number of rotatable bonds is 4. The van der Waals surface area contributed by atoms with Gasteiger partial charge < -0.3 is 10.1 Å². The summed E-state index contributed by atoms with van der Waals surface area (Å²) in [5.41, 5.74) is 0.102. The Morgan fingerprint density at radius 1 is 1.32 bits per heavy atom. The number of carbonyl (C=O) groups is 1. The monoisotopic (exact) mass is 363 g/mol. The third-order valence-corrected chi connectivity index (χ3v) is 6.05. The number of methoxy groups -OCH3 is 1. The van der Waals surface area contributed by atoms with Crippen molar-refractivity contribution < 1.29 is 17.9 Å². The van der Waals surface area contributed by atoms with Gasteiger partial charge in [0, 0.05) is 29.1 Å². The number of nitrogens with zero attached hydrogens (tertiary/aromatic N) is 1. The highest BCUT2D eigenvalue weighted by molar-refractivity contribution is 7.89. The van der Waals surface area contributed by atoms with E-state index in [0.29, 0.717) is 10.8 Å². The van der Waals surface area contributed by atoms with Gasteiger partial charge >= 0.3 is 5.97 Å². The molecule has 1 aromatic carbocycles. The molecular formula is C17H21N3O4S. The molecule has 2 N–H and O–H groups in total.